The first kappa shape index (κ1) is 11.3. The van der Waals surface area contributed by atoms with Crippen molar-refractivity contribution < 1.29 is 9.15 Å². The number of rotatable bonds is 3. The van der Waals surface area contributed by atoms with Crippen molar-refractivity contribution in [3.63, 3.8) is 0 Å². The van der Waals surface area contributed by atoms with Crippen molar-refractivity contribution in [1.29, 1.82) is 0 Å². The minimum atomic E-state index is -0.238. The molecular weight excluding hydrogens is 208 g/mol. The Labute approximate surface area is 94.6 Å². The highest BCUT2D eigenvalue weighted by molar-refractivity contribution is 5.24. The Morgan fingerprint density at radius 1 is 1.50 bits per heavy atom. The Kier molecular flexibility index (Phi) is 3.11. The van der Waals surface area contributed by atoms with Crippen molar-refractivity contribution in [3.8, 4) is 0 Å². The molecule has 1 aliphatic rings. The molecule has 0 bridgehead atoms. The van der Waals surface area contributed by atoms with Gasteiger partial charge in [-0.25, -0.2) is 0 Å². The Morgan fingerprint density at radius 3 is 2.88 bits per heavy atom. The van der Waals surface area contributed by atoms with Crippen LogP contribution in [-0.4, -0.2) is 29.0 Å². The lowest BCUT2D eigenvalue weighted by molar-refractivity contribution is 0.0530. The van der Waals surface area contributed by atoms with Crippen LogP contribution in [0.5, 0.6) is 0 Å². The zero-order chi connectivity index (χ0) is 11.6. The number of nitrogens with zero attached hydrogens (tertiary/aromatic N) is 2. The van der Waals surface area contributed by atoms with Crippen molar-refractivity contribution in [2.24, 2.45) is 5.73 Å². The molecule has 1 aromatic rings. The molecule has 0 spiro atoms. The molecule has 1 aromatic heterocycles. The molecule has 0 radical (unpaired) electrons. The van der Waals surface area contributed by atoms with E-state index in [-0.39, 0.29) is 11.6 Å². The van der Waals surface area contributed by atoms with Gasteiger partial charge in [0.1, 0.15) is 0 Å². The first-order valence-electron chi connectivity index (χ1n) is 5.54. The Morgan fingerprint density at radius 2 is 2.31 bits per heavy atom. The second kappa shape index (κ2) is 4.39. The standard InChI is InChI=1S/C10H18N4O2/c1-7(11)8-13-14-9(16-8)12-10(2)4-3-5-15-6-10/h7H,3-6,11H2,1-2H3,(H,12,14). The van der Waals surface area contributed by atoms with Gasteiger partial charge in [0.25, 0.3) is 0 Å². The van der Waals surface area contributed by atoms with Crippen LogP contribution in [0.4, 0.5) is 6.01 Å². The van der Waals surface area contributed by atoms with E-state index in [9.17, 15) is 0 Å². The minimum Gasteiger partial charge on any atom is -0.406 e. The summed E-state index contributed by atoms with van der Waals surface area (Å²) >= 11 is 0. The van der Waals surface area contributed by atoms with Gasteiger partial charge in [-0.1, -0.05) is 5.10 Å². The molecule has 1 aliphatic heterocycles. The van der Waals surface area contributed by atoms with Crippen LogP contribution >= 0.6 is 0 Å². The van der Waals surface area contributed by atoms with E-state index in [1.807, 2.05) is 6.92 Å². The van der Waals surface area contributed by atoms with Gasteiger partial charge in [-0.15, -0.1) is 5.10 Å². The maximum atomic E-state index is 5.64. The lowest BCUT2D eigenvalue weighted by Crippen LogP contribution is -2.43. The molecule has 6 heteroatoms. The summed E-state index contributed by atoms with van der Waals surface area (Å²) in [5, 5.41) is 11.0. The van der Waals surface area contributed by atoms with Gasteiger partial charge < -0.3 is 20.2 Å². The molecule has 1 saturated heterocycles. The highest BCUT2D eigenvalue weighted by atomic mass is 16.5. The van der Waals surface area contributed by atoms with E-state index >= 15 is 0 Å². The van der Waals surface area contributed by atoms with Crippen molar-refractivity contribution in [3.05, 3.63) is 5.89 Å². The van der Waals surface area contributed by atoms with Crippen molar-refractivity contribution in [2.45, 2.75) is 38.3 Å². The highest BCUT2D eigenvalue weighted by Crippen LogP contribution is 2.23. The fraction of sp³-hybridized carbons (Fsp3) is 0.800. The van der Waals surface area contributed by atoms with E-state index in [1.165, 1.54) is 0 Å². The Bertz CT molecular complexity index is 344. The van der Waals surface area contributed by atoms with Crippen LogP contribution in [0.25, 0.3) is 0 Å². The van der Waals surface area contributed by atoms with Gasteiger partial charge >= 0.3 is 6.01 Å². The van der Waals surface area contributed by atoms with Gasteiger partial charge in [0.2, 0.25) is 5.89 Å². The minimum absolute atomic E-state index is 0.125. The fourth-order valence-corrected chi connectivity index (χ4v) is 1.76. The third-order valence-electron chi connectivity index (χ3n) is 2.68. The van der Waals surface area contributed by atoms with Gasteiger partial charge in [0.05, 0.1) is 18.2 Å². The van der Waals surface area contributed by atoms with Crippen molar-refractivity contribution in [1.82, 2.24) is 10.2 Å². The van der Waals surface area contributed by atoms with Gasteiger partial charge in [0, 0.05) is 6.61 Å². The highest BCUT2D eigenvalue weighted by Gasteiger charge is 2.29. The van der Waals surface area contributed by atoms with Crippen LogP contribution in [0.2, 0.25) is 0 Å². The molecule has 6 nitrogen and oxygen atoms in total. The van der Waals surface area contributed by atoms with Crippen LogP contribution < -0.4 is 11.1 Å². The van der Waals surface area contributed by atoms with Crippen LogP contribution in [0.1, 0.15) is 38.6 Å². The number of hydrogen-bond acceptors (Lipinski definition) is 6. The summed E-state index contributed by atoms with van der Waals surface area (Å²) in [6.45, 7) is 5.37. The largest absolute Gasteiger partial charge is 0.406 e. The van der Waals surface area contributed by atoms with Gasteiger partial charge in [-0.3, -0.25) is 0 Å². The van der Waals surface area contributed by atoms with E-state index in [2.05, 4.69) is 22.4 Å². The van der Waals surface area contributed by atoms with E-state index in [4.69, 9.17) is 14.9 Å². The molecule has 0 aromatic carbocycles. The van der Waals surface area contributed by atoms with Crippen LogP contribution in [0.15, 0.2) is 4.42 Å². The number of aromatic nitrogens is 2. The molecule has 90 valence electrons. The summed E-state index contributed by atoms with van der Waals surface area (Å²) in [4.78, 5) is 0. The maximum Gasteiger partial charge on any atom is 0.316 e. The summed E-state index contributed by atoms with van der Waals surface area (Å²) < 4.78 is 10.8. The monoisotopic (exact) mass is 226 g/mol. The normalized spacial score (nSPS) is 27.7. The lowest BCUT2D eigenvalue weighted by Gasteiger charge is -2.33. The topological polar surface area (TPSA) is 86.2 Å². The van der Waals surface area contributed by atoms with Crippen LogP contribution in [-0.2, 0) is 4.74 Å². The number of ether oxygens (including phenoxy) is 1. The SMILES string of the molecule is CC(N)c1nnc(NC2(C)CCCOC2)o1. The average molecular weight is 226 g/mol. The fourth-order valence-electron chi connectivity index (χ4n) is 1.76. The maximum absolute atomic E-state index is 5.64. The molecule has 0 amide bonds. The summed E-state index contributed by atoms with van der Waals surface area (Å²) in [6.07, 6.45) is 2.07. The molecular formula is C10H18N4O2. The summed E-state index contributed by atoms with van der Waals surface area (Å²) in [6, 6.07) is 0.179. The Balaban J connectivity index is 2.02. The second-order valence-electron chi connectivity index (χ2n) is 4.58. The Hall–Kier alpha value is -1.14. The van der Waals surface area contributed by atoms with Crippen molar-refractivity contribution >= 4 is 6.01 Å². The molecule has 2 atom stereocenters. The summed E-state index contributed by atoms with van der Waals surface area (Å²) in [5.74, 6) is 0.447. The number of anilines is 1. The molecule has 1 fully saturated rings. The molecule has 0 saturated carbocycles. The van der Waals surface area contributed by atoms with E-state index in [0.29, 0.717) is 18.5 Å². The summed E-state index contributed by atoms with van der Waals surface area (Å²) in [5.41, 5.74) is 5.52. The number of nitrogens with one attached hydrogen (secondary N) is 1. The predicted octanol–water partition coefficient (Wildman–Crippen LogP) is 1.07. The van der Waals surface area contributed by atoms with Crippen LogP contribution in [0, 0.1) is 0 Å². The zero-order valence-electron chi connectivity index (χ0n) is 9.69. The molecule has 2 heterocycles. The van der Waals surface area contributed by atoms with Crippen LogP contribution in [0.3, 0.4) is 0 Å². The smallest absolute Gasteiger partial charge is 0.316 e. The predicted molar refractivity (Wildman–Crippen MR) is 59.0 cm³/mol. The molecule has 2 unspecified atom stereocenters. The average Bonchev–Trinajstić information content (AvgIpc) is 2.66. The van der Waals surface area contributed by atoms with Gasteiger partial charge in [0.15, 0.2) is 0 Å². The third kappa shape index (κ3) is 2.51. The molecule has 3 N–H and O–H groups in total. The third-order valence-corrected chi connectivity index (χ3v) is 2.68. The van der Waals surface area contributed by atoms with Crippen molar-refractivity contribution in [2.75, 3.05) is 18.5 Å². The first-order valence-corrected chi connectivity index (χ1v) is 5.54. The summed E-state index contributed by atoms with van der Waals surface area (Å²) in [7, 11) is 0. The molecule has 0 aliphatic carbocycles. The number of hydrogen-bond donors (Lipinski definition) is 2. The first-order chi connectivity index (χ1) is 7.59. The molecule has 16 heavy (non-hydrogen) atoms. The van der Waals surface area contributed by atoms with E-state index < -0.39 is 0 Å². The zero-order valence-corrected chi connectivity index (χ0v) is 9.69. The van der Waals surface area contributed by atoms with E-state index in [0.717, 1.165) is 19.4 Å². The van der Waals surface area contributed by atoms with Gasteiger partial charge in [-0.2, -0.15) is 0 Å². The quantitative estimate of drug-likeness (QED) is 0.801. The lowest BCUT2D eigenvalue weighted by atomic mass is 9.95. The molecule has 2 rings (SSSR count). The van der Waals surface area contributed by atoms with Gasteiger partial charge in [-0.05, 0) is 26.7 Å². The number of nitrogens with two attached hydrogens (primary N) is 1. The second-order valence-corrected chi connectivity index (χ2v) is 4.58. The van der Waals surface area contributed by atoms with E-state index in [1.54, 1.807) is 0 Å².